The quantitative estimate of drug-likeness (QED) is 0.469. The lowest BCUT2D eigenvalue weighted by Gasteiger charge is -1.83. The molecule has 62 valence electrons. The Morgan fingerprint density at radius 3 is 1.82 bits per heavy atom. The lowest BCUT2D eigenvalue weighted by atomic mass is 10.3. The average molecular weight is 169 g/mol. The Balaban J connectivity index is 0. The fraction of sp³-hybridized carbons (Fsp3) is 0.111. The summed E-state index contributed by atoms with van der Waals surface area (Å²) >= 11 is 0. The van der Waals surface area contributed by atoms with Crippen molar-refractivity contribution in [3.05, 3.63) is 43.0 Å². The Labute approximate surface area is 75.4 Å². The summed E-state index contributed by atoms with van der Waals surface area (Å²) in [5.41, 5.74) is 6.18. The van der Waals surface area contributed by atoms with Crippen molar-refractivity contribution in [3.8, 4) is 0 Å². The smallest absolute Gasteiger partial charge is 0.0313 e. The van der Waals surface area contributed by atoms with E-state index in [1.807, 2.05) is 37.3 Å². The highest BCUT2D eigenvalue weighted by Crippen LogP contribution is 1.95. The van der Waals surface area contributed by atoms with Crippen LogP contribution in [-0.4, -0.2) is 0 Å². The van der Waals surface area contributed by atoms with Crippen LogP contribution in [0.25, 0.3) is 0 Å². The molecule has 0 heterocycles. The molecule has 0 radical (unpaired) electrons. The Morgan fingerprint density at radius 2 is 1.64 bits per heavy atom. The maximum absolute atomic E-state index is 5.36. The number of allylic oxidation sites excluding steroid dienone is 1. The van der Waals surface area contributed by atoms with Crippen molar-refractivity contribution in [2.75, 3.05) is 5.73 Å². The molecule has 0 spiro atoms. The molecule has 2 heteroatoms. The molecule has 0 saturated carbocycles. The third kappa shape index (κ3) is 9.11. The van der Waals surface area contributed by atoms with Crippen LogP contribution in [-0.2, 0) is 0 Å². The highest BCUT2D eigenvalue weighted by molar-refractivity contribution is 7.59. The zero-order valence-corrected chi connectivity index (χ0v) is 7.75. The van der Waals surface area contributed by atoms with Crippen molar-refractivity contribution in [2.24, 2.45) is 0 Å². The fourth-order valence-electron chi connectivity index (χ4n) is 0.453. The SMILES string of the molecule is C=CC.Nc1ccccc1.S. The zero-order chi connectivity index (χ0) is 7.82. The molecule has 1 aromatic rings. The molecule has 0 amide bonds. The average Bonchev–Trinajstić information content (AvgIpc) is 1.91. The predicted molar refractivity (Wildman–Crippen MR) is 57.1 cm³/mol. The van der Waals surface area contributed by atoms with Crippen LogP contribution < -0.4 is 5.73 Å². The van der Waals surface area contributed by atoms with E-state index >= 15 is 0 Å². The number of benzene rings is 1. The van der Waals surface area contributed by atoms with E-state index in [0.29, 0.717) is 0 Å². The first-order valence-corrected chi connectivity index (χ1v) is 3.18. The second-order valence-electron chi connectivity index (χ2n) is 1.82. The number of nitrogens with two attached hydrogens (primary N) is 1. The summed E-state index contributed by atoms with van der Waals surface area (Å²) in [5, 5.41) is 0. The summed E-state index contributed by atoms with van der Waals surface area (Å²) in [6, 6.07) is 9.49. The summed E-state index contributed by atoms with van der Waals surface area (Å²) in [5.74, 6) is 0. The first-order chi connectivity index (χ1) is 4.81. The van der Waals surface area contributed by atoms with Crippen LogP contribution in [0.1, 0.15) is 6.92 Å². The molecule has 0 aliphatic carbocycles. The van der Waals surface area contributed by atoms with E-state index in [-0.39, 0.29) is 13.5 Å². The van der Waals surface area contributed by atoms with Crippen molar-refractivity contribution < 1.29 is 0 Å². The molecule has 0 aromatic heterocycles. The highest BCUT2D eigenvalue weighted by atomic mass is 32.1. The van der Waals surface area contributed by atoms with Gasteiger partial charge in [-0.25, -0.2) is 0 Å². The van der Waals surface area contributed by atoms with Crippen LogP contribution >= 0.6 is 13.5 Å². The van der Waals surface area contributed by atoms with Crippen molar-refractivity contribution in [1.29, 1.82) is 0 Å². The summed E-state index contributed by atoms with van der Waals surface area (Å²) in [6.07, 6.45) is 1.75. The minimum atomic E-state index is 0. The maximum atomic E-state index is 5.36. The van der Waals surface area contributed by atoms with Gasteiger partial charge < -0.3 is 5.73 Å². The molecule has 1 aromatic carbocycles. The normalized spacial score (nSPS) is 6.64. The Bertz CT molecular complexity index is 172. The van der Waals surface area contributed by atoms with Gasteiger partial charge in [0.25, 0.3) is 0 Å². The summed E-state index contributed by atoms with van der Waals surface area (Å²) in [7, 11) is 0. The van der Waals surface area contributed by atoms with E-state index in [1.54, 1.807) is 6.08 Å². The molecule has 1 rings (SSSR count). The molecule has 11 heavy (non-hydrogen) atoms. The molecule has 1 nitrogen and oxygen atoms in total. The lowest BCUT2D eigenvalue weighted by Crippen LogP contribution is -1.79. The van der Waals surface area contributed by atoms with Gasteiger partial charge in [0.1, 0.15) is 0 Å². The van der Waals surface area contributed by atoms with Crippen LogP contribution in [0, 0.1) is 0 Å². The van der Waals surface area contributed by atoms with Gasteiger partial charge in [0.2, 0.25) is 0 Å². The maximum Gasteiger partial charge on any atom is 0.0313 e. The Morgan fingerprint density at radius 1 is 1.27 bits per heavy atom. The highest BCUT2D eigenvalue weighted by Gasteiger charge is 1.72. The topological polar surface area (TPSA) is 26.0 Å². The molecular weight excluding hydrogens is 154 g/mol. The standard InChI is InChI=1S/C6H7N.C3H6.H2S/c7-6-4-2-1-3-5-6;1-3-2;/h1-5H,7H2;3H,1H2,2H3;1H2. The van der Waals surface area contributed by atoms with Crippen molar-refractivity contribution in [3.63, 3.8) is 0 Å². The molecule has 0 bridgehead atoms. The van der Waals surface area contributed by atoms with Crippen LogP contribution in [0.15, 0.2) is 43.0 Å². The van der Waals surface area contributed by atoms with E-state index in [2.05, 4.69) is 6.58 Å². The van der Waals surface area contributed by atoms with Crippen LogP contribution in [0.3, 0.4) is 0 Å². The van der Waals surface area contributed by atoms with Crippen LogP contribution in [0.5, 0.6) is 0 Å². The third-order valence-corrected chi connectivity index (χ3v) is 0.800. The van der Waals surface area contributed by atoms with E-state index in [1.165, 1.54) is 0 Å². The summed E-state index contributed by atoms with van der Waals surface area (Å²) in [4.78, 5) is 0. The van der Waals surface area contributed by atoms with Crippen LogP contribution in [0.2, 0.25) is 0 Å². The second kappa shape index (κ2) is 9.11. The molecule has 0 aliphatic heterocycles. The Kier molecular flexibility index (Phi) is 10.6. The number of hydrogen-bond acceptors (Lipinski definition) is 1. The van der Waals surface area contributed by atoms with Crippen LogP contribution in [0.4, 0.5) is 5.69 Å². The minimum Gasteiger partial charge on any atom is -0.399 e. The number of hydrogen-bond donors (Lipinski definition) is 1. The zero-order valence-electron chi connectivity index (χ0n) is 6.75. The van der Waals surface area contributed by atoms with E-state index in [4.69, 9.17) is 5.73 Å². The summed E-state index contributed by atoms with van der Waals surface area (Å²) in [6.45, 7) is 5.25. The van der Waals surface area contributed by atoms with E-state index in [9.17, 15) is 0 Å². The van der Waals surface area contributed by atoms with Crippen molar-refractivity contribution in [2.45, 2.75) is 6.92 Å². The van der Waals surface area contributed by atoms with Gasteiger partial charge in [0, 0.05) is 5.69 Å². The van der Waals surface area contributed by atoms with Gasteiger partial charge in [-0.1, -0.05) is 24.3 Å². The van der Waals surface area contributed by atoms with Gasteiger partial charge in [-0.2, -0.15) is 13.5 Å². The second-order valence-corrected chi connectivity index (χ2v) is 1.82. The molecule has 0 unspecified atom stereocenters. The fourth-order valence-corrected chi connectivity index (χ4v) is 0.453. The molecule has 0 fully saturated rings. The van der Waals surface area contributed by atoms with Gasteiger partial charge in [-0.3, -0.25) is 0 Å². The van der Waals surface area contributed by atoms with Gasteiger partial charge in [-0.15, -0.1) is 6.58 Å². The molecule has 0 saturated heterocycles. The molecule has 0 atom stereocenters. The number of nitrogen functional groups attached to an aromatic ring is 1. The third-order valence-electron chi connectivity index (χ3n) is 0.800. The van der Waals surface area contributed by atoms with Gasteiger partial charge in [-0.05, 0) is 19.1 Å². The minimum absolute atomic E-state index is 0. The van der Waals surface area contributed by atoms with Gasteiger partial charge in [0.15, 0.2) is 0 Å². The number of para-hydroxylation sites is 1. The Hall–Kier alpha value is -0.890. The first kappa shape index (κ1) is 12.8. The van der Waals surface area contributed by atoms with Crippen molar-refractivity contribution >= 4 is 19.2 Å². The van der Waals surface area contributed by atoms with E-state index in [0.717, 1.165) is 5.69 Å². The van der Waals surface area contributed by atoms with Gasteiger partial charge in [0.05, 0.1) is 0 Å². The predicted octanol–water partition coefficient (Wildman–Crippen LogP) is 2.57. The molecular formula is C9H15NS. The van der Waals surface area contributed by atoms with Gasteiger partial charge >= 0.3 is 0 Å². The summed E-state index contributed by atoms with van der Waals surface area (Å²) < 4.78 is 0. The largest absolute Gasteiger partial charge is 0.399 e. The van der Waals surface area contributed by atoms with E-state index < -0.39 is 0 Å². The molecule has 0 aliphatic rings. The number of anilines is 1. The van der Waals surface area contributed by atoms with Crippen molar-refractivity contribution in [1.82, 2.24) is 0 Å². The lowest BCUT2D eigenvalue weighted by molar-refractivity contribution is 1.69. The first-order valence-electron chi connectivity index (χ1n) is 3.18. The molecule has 2 N–H and O–H groups in total. The monoisotopic (exact) mass is 169 g/mol. The number of rotatable bonds is 0.